The molecule has 1 saturated heterocycles. The molecule has 0 radical (unpaired) electrons. The second-order valence-electron chi connectivity index (χ2n) is 4.60. The Morgan fingerprint density at radius 1 is 1.45 bits per heavy atom. The van der Waals surface area contributed by atoms with Gasteiger partial charge in [0.15, 0.2) is 0 Å². The Bertz CT molecular complexity index is 619. The molecule has 0 aromatic carbocycles. The number of carboxylic acids is 1. The molecule has 3 rings (SSSR count). The number of thiophene rings is 2. The normalized spacial score (nSPS) is 19.4. The zero-order chi connectivity index (χ0) is 14.1. The fourth-order valence-corrected chi connectivity index (χ4v) is 4.33. The number of hydrogen-bond acceptors (Lipinski definition) is 5. The van der Waals surface area contributed by atoms with Gasteiger partial charge in [-0.05, 0) is 17.5 Å². The van der Waals surface area contributed by atoms with Crippen LogP contribution in [0.3, 0.4) is 0 Å². The number of aliphatic carboxylic acids is 1. The van der Waals surface area contributed by atoms with Gasteiger partial charge < -0.3 is 14.7 Å². The van der Waals surface area contributed by atoms with E-state index in [1.807, 2.05) is 17.5 Å². The SMILES string of the molecule is O=C(O)CC1CN(C(=O)c2cc3sccc3s2)CCO1. The molecule has 0 saturated carbocycles. The molecule has 1 aliphatic rings. The Morgan fingerprint density at radius 3 is 3.05 bits per heavy atom. The molecule has 0 aliphatic carbocycles. The van der Waals surface area contributed by atoms with E-state index >= 15 is 0 Å². The third-order valence-corrected chi connectivity index (χ3v) is 5.26. The van der Waals surface area contributed by atoms with E-state index in [2.05, 4.69) is 0 Å². The first-order chi connectivity index (χ1) is 9.63. The molecular formula is C13H13NO4S2. The molecule has 2 aromatic heterocycles. The molecule has 1 unspecified atom stereocenters. The van der Waals surface area contributed by atoms with Crippen molar-refractivity contribution in [1.82, 2.24) is 4.90 Å². The first-order valence-corrected chi connectivity index (χ1v) is 7.93. The van der Waals surface area contributed by atoms with Gasteiger partial charge in [-0.15, -0.1) is 22.7 Å². The average molecular weight is 311 g/mol. The zero-order valence-corrected chi connectivity index (χ0v) is 12.2. The van der Waals surface area contributed by atoms with E-state index in [1.54, 1.807) is 16.2 Å². The molecule has 1 N–H and O–H groups in total. The van der Waals surface area contributed by atoms with Gasteiger partial charge in [0.25, 0.3) is 5.91 Å². The number of carboxylic acid groups (broad SMARTS) is 1. The standard InChI is InChI=1S/C13H13NO4S2/c15-12(16)5-8-7-14(2-3-18-8)13(17)11-6-10-9(20-11)1-4-19-10/h1,4,6,8H,2-3,5,7H2,(H,15,16). The summed E-state index contributed by atoms with van der Waals surface area (Å²) in [5.41, 5.74) is 0. The van der Waals surface area contributed by atoms with E-state index in [4.69, 9.17) is 9.84 Å². The second kappa shape index (κ2) is 5.51. The third-order valence-electron chi connectivity index (χ3n) is 3.18. The monoisotopic (exact) mass is 311 g/mol. The van der Waals surface area contributed by atoms with Crippen LogP contribution in [0.1, 0.15) is 16.1 Å². The number of morpholine rings is 1. The number of ether oxygens (including phenoxy) is 1. The molecule has 5 nitrogen and oxygen atoms in total. The van der Waals surface area contributed by atoms with Gasteiger partial charge in [0.1, 0.15) is 0 Å². The van der Waals surface area contributed by atoms with Gasteiger partial charge in [-0.3, -0.25) is 9.59 Å². The summed E-state index contributed by atoms with van der Waals surface area (Å²) < 4.78 is 7.62. The van der Waals surface area contributed by atoms with Crippen molar-refractivity contribution >= 4 is 43.9 Å². The summed E-state index contributed by atoms with van der Waals surface area (Å²) in [5, 5.41) is 10.8. The van der Waals surface area contributed by atoms with Gasteiger partial charge in [0.05, 0.1) is 24.0 Å². The Labute approximate surface area is 123 Å². The lowest BCUT2D eigenvalue weighted by atomic mass is 10.2. The number of carbonyl (C=O) groups excluding carboxylic acids is 1. The van der Waals surface area contributed by atoms with Crippen LogP contribution in [0.4, 0.5) is 0 Å². The van der Waals surface area contributed by atoms with E-state index in [0.717, 1.165) is 9.40 Å². The Hall–Kier alpha value is -1.44. The predicted molar refractivity (Wildman–Crippen MR) is 77.6 cm³/mol. The summed E-state index contributed by atoms with van der Waals surface area (Å²) in [4.78, 5) is 25.6. The molecule has 1 amide bonds. The fraction of sp³-hybridized carbons (Fsp3) is 0.385. The highest BCUT2D eigenvalue weighted by Crippen LogP contribution is 2.31. The quantitative estimate of drug-likeness (QED) is 0.944. The number of amides is 1. The highest BCUT2D eigenvalue weighted by molar-refractivity contribution is 7.27. The summed E-state index contributed by atoms with van der Waals surface area (Å²) in [6.07, 6.45) is -0.477. The highest BCUT2D eigenvalue weighted by Gasteiger charge is 2.27. The predicted octanol–water partition coefficient (Wildman–Crippen LogP) is 2.28. The highest BCUT2D eigenvalue weighted by atomic mass is 32.1. The van der Waals surface area contributed by atoms with Crippen LogP contribution in [0.5, 0.6) is 0 Å². The number of hydrogen-bond donors (Lipinski definition) is 1. The minimum atomic E-state index is -0.902. The molecule has 0 spiro atoms. The van der Waals surface area contributed by atoms with Crippen LogP contribution in [0.2, 0.25) is 0 Å². The molecule has 1 aliphatic heterocycles. The second-order valence-corrected chi connectivity index (χ2v) is 6.63. The molecule has 1 atom stereocenters. The first-order valence-electron chi connectivity index (χ1n) is 6.23. The van der Waals surface area contributed by atoms with Crippen LogP contribution < -0.4 is 0 Å². The molecule has 2 aromatic rings. The van der Waals surface area contributed by atoms with Crippen molar-refractivity contribution in [1.29, 1.82) is 0 Å². The summed E-state index contributed by atoms with van der Waals surface area (Å²) >= 11 is 3.10. The van der Waals surface area contributed by atoms with Crippen LogP contribution in [0, 0.1) is 0 Å². The molecule has 1 fully saturated rings. The van der Waals surface area contributed by atoms with Crippen molar-refractivity contribution in [2.24, 2.45) is 0 Å². The van der Waals surface area contributed by atoms with Gasteiger partial charge in [-0.25, -0.2) is 0 Å². The molecular weight excluding hydrogens is 298 g/mol. The first kappa shape index (κ1) is 13.5. The van der Waals surface area contributed by atoms with Crippen LogP contribution in [0.25, 0.3) is 9.40 Å². The van der Waals surface area contributed by atoms with Crippen LogP contribution in [0.15, 0.2) is 17.5 Å². The maximum Gasteiger partial charge on any atom is 0.306 e. The molecule has 3 heterocycles. The third kappa shape index (κ3) is 2.70. The van der Waals surface area contributed by atoms with E-state index in [9.17, 15) is 9.59 Å². The summed E-state index contributed by atoms with van der Waals surface area (Å²) in [6, 6.07) is 3.92. The van der Waals surface area contributed by atoms with Crippen molar-refractivity contribution in [3.05, 3.63) is 22.4 Å². The lowest BCUT2D eigenvalue weighted by Crippen LogP contribution is -2.46. The molecule has 0 bridgehead atoms. The summed E-state index contributed by atoms with van der Waals surface area (Å²) in [6.45, 7) is 1.25. The largest absolute Gasteiger partial charge is 0.481 e. The van der Waals surface area contributed by atoms with Crippen molar-refractivity contribution in [3.63, 3.8) is 0 Å². The van der Waals surface area contributed by atoms with Crippen LogP contribution in [-0.2, 0) is 9.53 Å². The Morgan fingerprint density at radius 2 is 2.30 bits per heavy atom. The molecule has 20 heavy (non-hydrogen) atoms. The van der Waals surface area contributed by atoms with Crippen molar-refractivity contribution in [2.75, 3.05) is 19.7 Å². The number of rotatable bonds is 3. The van der Waals surface area contributed by atoms with Crippen LogP contribution >= 0.6 is 22.7 Å². The van der Waals surface area contributed by atoms with E-state index in [1.165, 1.54) is 11.3 Å². The topological polar surface area (TPSA) is 66.8 Å². The van der Waals surface area contributed by atoms with Gasteiger partial charge in [-0.1, -0.05) is 0 Å². The van der Waals surface area contributed by atoms with Gasteiger partial charge in [0.2, 0.25) is 0 Å². The molecule has 106 valence electrons. The summed E-state index contributed by atoms with van der Waals surface area (Å²) in [5.74, 6) is -0.932. The van der Waals surface area contributed by atoms with Crippen molar-refractivity contribution < 1.29 is 19.4 Å². The fourth-order valence-electron chi connectivity index (χ4n) is 2.25. The summed E-state index contributed by atoms with van der Waals surface area (Å²) in [7, 11) is 0. The van der Waals surface area contributed by atoms with E-state index in [-0.39, 0.29) is 12.3 Å². The minimum Gasteiger partial charge on any atom is -0.481 e. The lowest BCUT2D eigenvalue weighted by Gasteiger charge is -2.32. The number of carbonyl (C=O) groups is 2. The maximum atomic E-state index is 12.4. The lowest BCUT2D eigenvalue weighted by molar-refractivity contribution is -0.141. The van der Waals surface area contributed by atoms with Gasteiger partial charge in [0, 0.05) is 22.5 Å². The van der Waals surface area contributed by atoms with Gasteiger partial charge in [-0.2, -0.15) is 0 Å². The smallest absolute Gasteiger partial charge is 0.306 e. The Balaban J connectivity index is 1.73. The van der Waals surface area contributed by atoms with E-state index in [0.29, 0.717) is 24.6 Å². The molecule has 7 heteroatoms. The average Bonchev–Trinajstić information content (AvgIpc) is 2.98. The van der Waals surface area contributed by atoms with Crippen molar-refractivity contribution in [3.8, 4) is 0 Å². The van der Waals surface area contributed by atoms with Crippen molar-refractivity contribution in [2.45, 2.75) is 12.5 Å². The van der Waals surface area contributed by atoms with Gasteiger partial charge >= 0.3 is 5.97 Å². The number of nitrogens with zero attached hydrogens (tertiary/aromatic N) is 1. The number of fused-ring (bicyclic) bond motifs is 1. The zero-order valence-electron chi connectivity index (χ0n) is 10.6. The van der Waals surface area contributed by atoms with Crippen LogP contribution in [-0.4, -0.2) is 47.7 Å². The minimum absolute atomic E-state index is 0.0305. The van der Waals surface area contributed by atoms with E-state index < -0.39 is 12.1 Å². The maximum absolute atomic E-state index is 12.4. The Kier molecular flexibility index (Phi) is 3.73.